The summed E-state index contributed by atoms with van der Waals surface area (Å²) in [6.07, 6.45) is 3.21. The lowest BCUT2D eigenvalue weighted by atomic mass is 10.1. The number of aromatic nitrogens is 1. The third-order valence-electron chi connectivity index (χ3n) is 2.60. The van der Waals surface area contributed by atoms with Crippen molar-refractivity contribution in [1.82, 2.24) is 10.3 Å². The molecule has 0 saturated heterocycles. The second-order valence-corrected chi connectivity index (χ2v) is 6.24. The van der Waals surface area contributed by atoms with Crippen LogP contribution in [-0.2, 0) is 0 Å². The zero-order valence-electron chi connectivity index (χ0n) is 12.3. The molecule has 1 aromatic carbocycles. The first-order valence-corrected chi connectivity index (χ1v) is 7.01. The van der Waals surface area contributed by atoms with Crippen molar-refractivity contribution < 1.29 is 4.79 Å². The Hall–Kier alpha value is -2.07. The van der Waals surface area contributed by atoms with Crippen LogP contribution in [0.4, 0.5) is 11.4 Å². The number of pyridine rings is 1. The summed E-state index contributed by atoms with van der Waals surface area (Å²) >= 11 is 5.95. The molecule has 0 unspecified atom stereocenters. The van der Waals surface area contributed by atoms with E-state index in [4.69, 9.17) is 11.6 Å². The number of amides is 1. The summed E-state index contributed by atoms with van der Waals surface area (Å²) in [5.74, 6) is -0.148. The van der Waals surface area contributed by atoms with E-state index in [1.54, 1.807) is 24.5 Å². The number of hydrogen-bond donors (Lipinski definition) is 2. The Morgan fingerprint density at radius 3 is 2.57 bits per heavy atom. The number of halogens is 1. The Morgan fingerprint density at radius 2 is 1.90 bits per heavy atom. The average Bonchev–Trinajstić information content (AvgIpc) is 2.37. The van der Waals surface area contributed by atoms with Crippen LogP contribution in [0.25, 0.3) is 0 Å². The van der Waals surface area contributed by atoms with Crippen molar-refractivity contribution in [3.8, 4) is 0 Å². The number of carbonyl (C=O) groups excluding carboxylic acids is 1. The molecule has 21 heavy (non-hydrogen) atoms. The summed E-state index contributed by atoms with van der Waals surface area (Å²) in [4.78, 5) is 16.2. The van der Waals surface area contributed by atoms with Gasteiger partial charge in [0.15, 0.2) is 0 Å². The van der Waals surface area contributed by atoms with Crippen LogP contribution in [0, 0.1) is 0 Å². The van der Waals surface area contributed by atoms with Gasteiger partial charge >= 0.3 is 0 Å². The van der Waals surface area contributed by atoms with E-state index in [-0.39, 0.29) is 11.4 Å². The molecule has 1 aromatic heterocycles. The minimum atomic E-state index is -0.284. The first-order valence-electron chi connectivity index (χ1n) is 6.64. The van der Waals surface area contributed by atoms with Crippen LogP contribution in [-0.4, -0.2) is 16.4 Å². The van der Waals surface area contributed by atoms with Gasteiger partial charge in [0.2, 0.25) is 0 Å². The van der Waals surface area contributed by atoms with Gasteiger partial charge in [-0.15, -0.1) is 0 Å². The Balaban J connectivity index is 2.16. The highest BCUT2D eigenvalue weighted by molar-refractivity contribution is 6.30. The average molecular weight is 304 g/mol. The highest BCUT2D eigenvalue weighted by atomic mass is 35.5. The highest BCUT2D eigenvalue weighted by Gasteiger charge is 2.15. The molecule has 1 amide bonds. The van der Waals surface area contributed by atoms with E-state index in [1.165, 1.54) is 0 Å². The molecule has 0 fully saturated rings. The molecule has 0 aliphatic rings. The first kappa shape index (κ1) is 15.3. The van der Waals surface area contributed by atoms with Crippen molar-refractivity contribution in [2.75, 3.05) is 5.32 Å². The van der Waals surface area contributed by atoms with Crippen molar-refractivity contribution in [3.63, 3.8) is 0 Å². The maximum absolute atomic E-state index is 12.1. The van der Waals surface area contributed by atoms with E-state index >= 15 is 0 Å². The molecule has 1 heterocycles. The molecule has 0 atom stereocenters. The molecular weight excluding hydrogens is 286 g/mol. The standard InChI is InChI=1S/C16H18ClN3O/c1-16(2,3)20-15(21)11-7-14(10-18-9-11)19-13-6-4-5-12(17)8-13/h4-10,19H,1-3H3,(H,20,21). The van der Waals surface area contributed by atoms with Crippen LogP contribution in [0.15, 0.2) is 42.7 Å². The van der Waals surface area contributed by atoms with Crippen molar-refractivity contribution in [1.29, 1.82) is 0 Å². The van der Waals surface area contributed by atoms with Gasteiger partial charge in [0, 0.05) is 22.4 Å². The van der Waals surface area contributed by atoms with Crippen molar-refractivity contribution >= 4 is 28.9 Å². The molecule has 0 bridgehead atoms. The predicted molar refractivity (Wildman–Crippen MR) is 86.2 cm³/mol. The van der Waals surface area contributed by atoms with Crippen LogP contribution in [0.3, 0.4) is 0 Å². The fourth-order valence-corrected chi connectivity index (χ4v) is 1.97. The largest absolute Gasteiger partial charge is 0.354 e. The van der Waals surface area contributed by atoms with Gasteiger partial charge in [-0.3, -0.25) is 9.78 Å². The molecule has 0 aliphatic heterocycles. The lowest BCUT2D eigenvalue weighted by Crippen LogP contribution is -2.40. The summed E-state index contributed by atoms with van der Waals surface area (Å²) in [6.45, 7) is 5.81. The van der Waals surface area contributed by atoms with Crippen molar-refractivity contribution in [2.45, 2.75) is 26.3 Å². The topological polar surface area (TPSA) is 54.0 Å². The highest BCUT2D eigenvalue weighted by Crippen LogP contribution is 2.20. The van der Waals surface area contributed by atoms with Gasteiger partial charge in [-0.05, 0) is 45.0 Å². The number of carbonyl (C=O) groups is 1. The van der Waals surface area contributed by atoms with Crippen LogP contribution in [0.5, 0.6) is 0 Å². The van der Waals surface area contributed by atoms with E-state index in [2.05, 4.69) is 15.6 Å². The molecule has 4 nitrogen and oxygen atoms in total. The number of nitrogens with one attached hydrogen (secondary N) is 2. The number of rotatable bonds is 3. The monoisotopic (exact) mass is 303 g/mol. The predicted octanol–water partition coefficient (Wildman–Crippen LogP) is 4.01. The van der Waals surface area contributed by atoms with Crippen molar-refractivity contribution in [2.24, 2.45) is 0 Å². The third-order valence-corrected chi connectivity index (χ3v) is 2.84. The summed E-state index contributed by atoms with van der Waals surface area (Å²) in [7, 11) is 0. The quantitative estimate of drug-likeness (QED) is 0.901. The molecule has 5 heteroatoms. The molecule has 2 rings (SSSR count). The molecule has 0 aliphatic carbocycles. The van der Waals surface area contributed by atoms with Crippen LogP contribution in [0.2, 0.25) is 5.02 Å². The fourth-order valence-electron chi connectivity index (χ4n) is 1.78. The summed E-state index contributed by atoms with van der Waals surface area (Å²) in [5, 5.41) is 6.73. The van der Waals surface area contributed by atoms with Crippen LogP contribution < -0.4 is 10.6 Å². The second-order valence-electron chi connectivity index (χ2n) is 5.80. The number of benzene rings is 1. The smallest absolute Gasteiger partial charge is 0.253 e. The maximum Gasteiger partial charge on any atom is 0.253 e. The van der Waals surface area contributed by atoms with Gasteiger partial charge in [-0.2, -0.15) is 0 Å². The number of anilines is 2. The zero-order valence-corrected chi connectivity index (χ0v) is 13.0. The van der Waals surface area contributed by atoms with E-state index < -0.39 is 0 Å². The molecule has 0 spiro atoms. The number of hydrogen-bond acceptors (Lipinski definition) is 3. The lowest BCUT2D eigenvalue weighted by Gasteiger charge is -2.20. The van der Waals surface area contributed by atoms with Gasteiger partial charge < -0.3 is 10.6 Å². The molecule has 2 N–H and O–H groups in total. The SMILES string of the molecule is CC(C)(C)NC(=O)c1cncc(Nc2cccc(Cl)c2)c1. The van der Waals surface area contributed by atoms with Gasteiger partial charge in [0.05, 0.1) is 17.4 Å². The Bertz CT molecular complexity index is 650. The maximum atomic E-state index is 12.1. The molecular formula is C16H18ClN3O. The molecule has 0 saturated carbocycles. The number of nitrogens with zero attached hydrogens (tertiary/aromatic N) is 1. The van der Waals surface area contributed by atoms with Gasteiger partial charge in [0.1, 0.15) is 0 Å². The van der Waals surface area contributed by atoms with E-state index in [9.17, 15) is 4.79 Å². The zero-order chi connectivity index (χ0) is 15.5. The normalized spacial score (nSPS) is 11.0. The summed E-state index contributed by atoms with van der Waals surface area (Å²) in [6, 6.07) is 9.12. The molecule has 0 radical (unpaired) electrons. The lowest BCUT2D eigenvalue weighted by molar-refractivity contribution is 0.0919. The van der Waals surface area contributed by atoms with Crippen LogP contribution in [0.1, 0.15) is 31.1 Å². The second kappa shape index (κ2) is 6.14. The Labute approximate surface area is 129 Å². The van der Waals surface area contributed by atoms with E-state index in [0.717, 1.165) is 11.4 Å². The third kappa shape index (κ3) is 4.76. The van der Waals surface area contributed by atoms with Crippen LogP contribution >= 0.6 is 11.6 Å². The van der Waals surface area contributed by atoms with E-state index in [1.807, 2.05) is 39.0 Å². The molecule has 110 valence electrons. The fraction of sp³-hybridized carbons (Fsp3) is 0.250. The Morgan fingerprint density at radius 1 is 1.14 bits per heavy atom. The summed E-state index contributed by atoms with van der Waals surface area (Å²) < 4.78 is 0. The minimum absolute atomic E-state index is 0.148. The van der Waals surface area contributed by atoms with Gasteiger partial charge in [-0.1, -0.05) is 17.7 Å². The van der Waals surface area contributed by atoms with E-state index in [0.29, 0.717) is 10.6 Å². The van der Waals surface area contributed by atoms with Crippen molar-refractivity contribution in [3.05, 3.63) is 53.3 Å². The van der Waals surface area contributed by atoms with Gasteiger partial charge in [0.25, 0.3) is 5.91 Å². The summed E-state index contributed by atoms with van der Waals surface area (Å²) in [5.41, 5.74) is 1.81. The first-order chi connectivity index (χ1) is 9.83. The minimum Gasteiger partial charge on any atom is -0.354 e. The molecule has 2 aromatic rings. The van der Waals surface area contributed by atoms with Gasteiger partial charge in [-0.25, -0.2) is 0 Å². The Kier molecular flexibility index (Phi) is 4.48.